The fourth-order valence-electron chi connectivity index (χ4n) is 3.63. The van der Waals surface area contributed by atoms with Crippen molar-refractivity contribution in [1.29, 1.82) is 0 Å². The van der Waals surface area contributed by atoms with Crippen molar-refractivity contribution in [3.8, 4) is 16.9 Å². The van der Waals surface area contributed by atoms with Gasteiger partial charge in [0, 0.05) is 48.5 Å². The Morgan fingerprint density at radius 1 is 1.09 bits per heavy atom. The van der Waals surface area contributed by atoms with Gasteiger partial charge in [-0.2, -0.15) is 22.0 Å². The van der Waals surface area contributed by atoms with Crippen molar-refractivity contribution < 1.29 is 31.5 Å². The van der Waals surface area contributed by atoms with Crippen LogP contribution in [-0.2, 0) is 0 Å². The number of pyridine rings is 1. The molecular weight excluding hydrogens is 473 g/mol. The maximum absolute atomic E-state index is 13.1. The first kappa shape index (κ1) is 24.3. The second-order valence-corrected chi connectivity index (χ2v) is 8.16. The summed E-state index contributed by atoms with van der Waals surface area (Å²) in [5.41, 5.74) is 1.73. The average Bonchev–Trinajstić information content (AvgIpc) is 3.25. The number of nitrogens with one attached hydrogen (secondary N) is 1. The highest BCUT2D eigenvalue weighted by Crippen LogP contribution is 2.37. The van der Waals surface area contributed by atoms with Crippen LogP contribution in [0, 0.1) is 5.92 Å². The maximum atomic E-state index is 13.1. The first-order chi connectivity index (χ1) is 16.5. The average molecular weight is 493 g/mol. The van der Waals surface area contributed by atoms with Gasteiger partial charge in [0.15, 0.2) is 0 Å². The van der Waals surface area contributed by atoms with E-state index >= 15 is 0 Å². The molecule has 1 aliphatic rings. The number of hydrogen-bond donors (Lipinski definition) is 1. The summed E-state index contributed by atoms with van der Waals surface area (Å²) in [5, 5.41) is 2.56. The number of anilines is 2. The first-order valence-corrected chi connectivity index (χ1v) is 10.6. The molecule has 0 bridgehead atoms. The Labute approximate surface area is 197 Å². The molecule has 7 nitrogen and oxygen atoms in total. The molecule has 1 aliphatic heterocycles. The zero-order chi connectivity index (χ0) is 25.2. The van der Waals surface area contributed by atoms with Crippen molar-refractivity contribution in [3.63, 3.8) is 0 Å². The van der Waals surface area contributed by atoms with Crippen molar-refractivity contribution >= 4 is 17.4 Å². The summed E-state index contributed by atoms with van der Waals surface area (Å²) < 4.78 is 66.8. The molecule has 1 atom stereocenters. The largest absolute Gasteiger partial charge is 0.499 e. The van der Waals surface area contributed by atoms with Crippen LogP contribution in [0.25, 0.3) is 11.1 Å². The summed E-state index contributed by atoms with van der Waals surface area (Å²) in [6.07, 6.45) is -4.13. The number of alkyl halides is 5. The van der Waals surface area contributed by atoms with Crippen LogP contribution >= 0.6 is 0 Å². The molecule has 0 radical (unpaired) electrons. The summed E-state index contributed by atoms with van der Waals surface area (Å²) in [7, 11) is 0. The lowest BCUT2D eigenvalue weighted by Crippen LogP contribution is -2.41. The zero-order valence-electron chi connectivity index (χ0n) is 18.4. The number of carbonyl (C=O) groups is 1. The van der Waals surface area contributed by atoms with E-state index < -0.39 is 23.9 Å². The van der Waals surface area contributed by atoms with E-state index in [0.717, 1.165) is 43.8 Å². The lowest BCUT2D eigenvalue weighted by Gasteiger charge is -2.21. The molecular formula is C23H20F5N5O2. The molecule has 4 rings (SSSR count). The molecule has 0 unspecified atom stereocenters. The molecule has 1 amide bonds. The van der Waals surface area contributed by atoms with E-state index in [0.29, 0.717) is 22.9 Å². The van der Waals surface area contributed by atoms with Crippen LogP contribution < -0.4 is 15.0 Å². The van der Waals surface area contributed by atoms with Crippen molar-refractivity contribution in [2.24, 2.45) is 5.92 Å². The quantitative estimate of drug-likeness (QED) is 0.478. The SMILES string of the molecule is C[C@@H]1CCN(c2ncc(C(=O)Nc3ccc(OC(F)(F)C(F)(F)F)cc3)cc2-c2cncnc2)C1. The number of benzene rings is 1. The van der Waals surface area contributed by atoms with Crippen molar-refractivity contribution in [1.82, 2.24) is 15.0 Å². The second-order valence-electron chi connectivity index (χ2n) is 8.16. The van der Waals surface area contributed by atoms with Gasteiger partial charge in [0.25, 0.3) is 5.91 Å². The first-order valence-electron chi connectivity index (χ1n) is 10.6. The standard InChI is InChI=1S/C23H20F5N5O2/c1-14-6-7-33(12-14)20-19(16-9-29-13-30-10-16)8-15(11-31-20)21(34)32-17-2-4-18(5-3-17)35-23(27,28)22(24,25)26/h2-5,8-11,13-14H,6-7,12H2,1H3,(H,32,34)/t14-/m1/s1. The van der Waals surface area contributed by atoms with Crippen LogP contribution in [0.15, 0.2) is 55.2 Å². The van der Waals surface area contributed by atoms with Gasteiger partial charge in [-0.25, -0.2) is 15.0 Å². The van der Waals surface area contributed by atoms with Crippen LogP contribution in [0.2, 0.25) is 0 Å². The van der Waals surface area contributed by atoms with Crippen LogP contribution in [0.4, 0.5) is 33.5 Å². The van der Waals surface area contributed by atoms with E-state index in [1.807, 2.05) is 0 Å². The maximum Gasteiger partial charge on any atom is 0.499 e. The minimum Gasteiger partial charge on any atom is -0.426 e. The number of hydrogen-bond acceptors (Lipinski definition) is 6. The molecule has 0 saturated carbocycles. The molecule has 3 heterocycles. The van der Waals surface area contributed by atoms with Gasteiger partial charge in [-0.15, -0.1) is 0 Å². The predicted molar refractivity (Wildman–Crippen MR) is 117 cm³/mol. The third-order valence-corrected chi connectivity index (χ3v) is 5.41. The van der Waals surface area contributed by atoms with Crippen LogP contribution in [0.3, 0.4) is 0 Å². The number of nitrogens with zero attached hydrogens (tertiary/aromatic N) is 4. The van der Waals surface area contributed by atoms with Crippen molar-refractivity contribution in [2.75, 3.05) is 23.3 Å². The molecule has 1 saturated heterocycles. The van der Waals surface area contributed by atoms with Gasteiger partial charge in [-0.1, -0.05) is 6.92 Å². The zero-order valence-corrected chi connectivity index (χ0v) is 18.4. The van der Waals surface area contributed by atoms with E-state index in [1.54, 1.807) is 18.5 Å². The molecule has 1 N–H and O–H groups in total. The number of ether oxygens (including phenoxy) is 1. The monoisotopic (exact) mass is 493 g/mol. The molecule has 2 aromatic heterocycles. The Hall–Kier alpha value is -3.83. The highest BCUT2D eigenvalue weighted by atomic mass is 19.4. The molecule has 12 heteroatoms. The van der Waals surface area contributed by atoms with E-state index in [-0.39, 0.29) is 11.3 Å². The van der Waals surface area contributed by atoms with Gasteiger partial charge >= 0.3 is 12.3 Å². The molecule has 0 aliphatic carbocycles. The van der Waals surface area contributed by atoms with Crippen LogP contribution in [0.1, 0.15) is 23.7 Å². The Morgan fingerprint density at radius 3 is 2.37 bits per heavy atom. The summed E-state index contributed by atoms with van der Waals surface area (Å²) >= 11 is 0. The lowest BCUT2D eigenvalue weighted by atomic mass is 10.1. The number of amides is 1. The van der Waals surface area contributed by atoms with Crippen LogP contribution in [-0.4, -0.2) is 46.2 Å². The summed E-state index contributed by atoms with van der Waals surface area (Å²) in [6, 6.07) is 5.76. The summed E-state index contributed by atoms with van der Waals surface area (Å²) in [4.78, 5) is 27.6. The highest BCUT2D eigenvalue weighted by molar-refractivity contribution is 6.05. The Bertz CT molecular complexity index is 1190. The van der Waals surface area contributed by atoms with E-state index in [9.17, 15) is 26.7 Å². The molecule has 1 aromatic carbocycles. The van der Waals surface area contributed by atoms with Crippen molar-refractivity contribution in [2.45, 2.75) is 25.6 Å². The van der Waals surface area contributed by atoms with Crippen LogP contribution in [0.5, 0.6) is 5.75 Å². The van der Waals surface area contributed by atoms with E-state index in [2.05, 4.69) is 36.8 Å². The number of rotatable bonds is 6. The number of halogens is 5. The van der Waals surface area contributed by atoms with E-state index in [4.69, 9.17) is 0 Å². The second kappa shape index (κ2) is 9.43. The summed E-state index contributed by atoms with van der Waals surface area (Å²) in [6.45, 7) is 3.79. The van der Waals surface area contributed by atoms with E-state index in [1.165, 1.54) is 12.5 Å². The molecule has 35 heavy (non-hydrogen) atoms. The van der Waals surface area contributed by atoms with Gasteiger partial charge in [0.05, 0.1) is 5.56 Å². The minimum absolute atomic E-state index is 0.166. The van der Waals surface area contributed by atoms with Crippen molar-refractivity contribution in [3.05, 3.63) is 60.8 Å². The number of aromatic nitrogens is 3. The number of carbonyl (C=O) groups excluding carboxylic acids is 1. The Kier molecular flexibility index (Phi) is 6.55. The van der Waals surface area contributed by atoms with Gasteiger partial charge < -0.3 is 15.0 Å². The third-order valence-electron chi connectivity index (χ3n) is 5.41. The molecule has 184 valence electrons. The van der Waals surface area contributed by atoms with Gasteiger partial charge in [-0.3, -0.25) is 4.79 Å². The normalized spacial score (nSPS) is 16.3. The fraction of sp³-hybridized carbons (Fsp3) is 0.304. The third kappa shape index (κ3) is 5.47. The van der Waals surface area contributed by atoms with Gasteiger partial charge in [0.2, 0.25) is 0 Å². The van der Waals surface area contributed by atoms with Gasteiger partial charge in [-0.05, 0) is 42.7 Å². The minimum atomic E-state index is -5.85. The topological polar surface area (TPSA) is 80.2 Å². The molecule has 3 aromatic rings. The molecule has 0 spiro atoms. The van der Waals surface area contributed by atoms with Gasteiger partial charge in [0.1, 0.15) is 17.9 Å². The summed E-state index contributed by atoms with van der Waals surface area (Å²) in [5.74, 6) is -0.0516. The lowest BCUT2D eigenvalue weighted by molar-refractivity contribution is -0.360. The Morgan fingerprint density at radius 2 is 1.77 bits per heavy atom. The predicted octanol–water partition coefficient (Wildman–Crippen LogP) is 5.17. The molecule has 1 fully saturated rings. The highest BCUT2D eigenvalue weighted by Gasteiger charge is 2.61. The Balaban J connectivity index is 1.54. The fourth-order valence-corrected chi connectivity index (χ4v) is 3.63. The smallest absolute Gasteiger partial charge is 0.426 e.